The second-order valence-electron chi connectivity index (χ2n) is 14.3. The zero-order valence-corrected chi connectivity index (χ0v) is 31.9. The summed E-state index contributed by atoms with van der Waals surface area (Å²) in [5.41, 5.74) is -1.91. The summed E-state index contributed by atoms with van der Waals surface area (Å²) >= 11 is 0.381. The number of carbonyl (C=O) groups is 2. The summed E-state index contributed by atoms with van der Waals surface area (Å²) in [5.74, 6) is -1.42. The van der Waals surface area contributed by atoms with E-state index in [4.69, 9.17) is 9.47 Å². The van der Waals surface area contributed by atoms with E-state index in [0.717, 1.165) is 40.8 Å². The van der Waals surface area contributed by atoms with Crippen molar-refractivity contribution in [2.24, 2.45) is 0 Å². The molecule has 2 aliphatic rings. The van der Waals surface area contributed by atoms with Gasteiger partial charge in [-0.1, -0.05) is 31.5 Å². The molecule has 17 heteroatoms. The van der Waals surface area contributed by atoms with Gasteiger partial charge in [-0.3, -0.25) is 19.7 Å². The Hall–Kier alpha value is -4.64. The molecule has 0 spiro atoms. The monoisotopic (exact) mass is 807 g/mol. The zero-order valence-electron chi connectivity index (χ0n) is 31.1. The largest absolute Gasteiger partial charge is 0.493 e. The molecule has 2 fully saturated rings. The number of amides is 2. The van der Waals surface area contributed by atoms with Gasteiger partial charge in [0.05, 0.1) is 35.1 Å². The van der Waals surface area contributed by atoms with Gasteiger partial charge >= 0.3 is 12.4 Å². The first-order valence-electron chi connectivity index (χ1n) is 18.4. The maximum Gasteiger partial charge on any atom is 0.425 e. The van der Waals surface area contributed by atoms with Crippen molar-refractivity contribution < 1.29 is 50.5 Å². The number of aromatic amines is 1. The summed E-state index contributed by atoms with van der Waals surface area (Å²) < 4.78 is 95.9. The number of piperidine rings is 2. The normalized spacial score (nSPS) is 20.2. The molecule has 1 aromatic carbocycles. The van der Waals surface area contributed by atoms with Gasteiger partial charge in [-0.25, -0.2) is 0 Å². The van der Waals surface area contributed by atoms with Crippen LogP contribution in [0.15, 0.2) is 54.2 Å². The van der Waals surface area contributed by atoms with Crippen LogP contribution in [-0.4, -0.2) is 79.8 Å². The van der Waals surface area contributed by atoms with Crippen LogP contribution in [0.4, 0.5) is 26.3 Å². The van der Waals surface area contributed by atoms with E-state index in [1.54, 1.807) is 31.2 Å². The highest BCUT2D eigenvalue weighted by Crippen LogP contribution is 2.44. The van der Waals surface area contributed by atoms with Gasteiger partial charge in [-0.2, -0.15) is 31.4 Å². The van der Waals surface area contributed by atoms with Gasteiger partial charge in [-0.05, 0) is 57.2 Å². The van der Waals surface area contributed by atoms with Crippen LogP contribution in [0.25, 0.3) is 0 Å². The number of H-pyrrole nitrogens is 1. The maximum atomic E-state index is 15.0. The zero-order chi connectivity index (χ0) is 40.5. The smallest absolute Gasteiger partial charge is 0.425 e. The molecule has 2 aliphatic heterocycles. The maximum absolute atomic E-state index is 15.0. The van der Waals surface area contributed by atoms with Gasteiger partial charge in [-0.15, -0.1) is 11.3 Å². The summed E-state index contributed by atoms with van der Waals surface area (Å²) in [6.07, 6.45) is -6.57. The Morgan fingerprint density at radius 3 is 2.41 bits per heavy atom. The third kappa shape index (κ3) is 8.24. The predicted molar refractivity (Wildman–Crippen MR) is 194 cm³/mol. The Kier molecular flexibility index (Phi) is 11.8. The fourth-order valence-corrected chi connectivity index (χ4v) is 8.58. The number of carbonyl (C=O) groups excluding carboxylic acids is 2. The summed E-state index contributed by atoms with van der Waals surface area (Å²) in [5, 5.41) is 20.3. The van der Waals surface area contributed by atoms with E-state index in [0.29, 0.717) is 48.2 Å². The van der Waals surface area contributed by atoms with Crippen molar-refractivity contribution in [3.63, 3.8) is 0 Å². The number of hydrogen-bond acceptors (Lipinski definition) is 8. The van der Waals surface area contributed by atoms with Crippen molar-refractivity contribution in [3.8, 4) is 11.5 Å². The van der Waals surface area contributed by atoms with Gasteiger partial charge < -0.3 is 24.4 Å². The number of para-hydroxylation sites is 1. The minimum absolute atomic E-state index is 0.00719. The highest BCUT2D eigenvalue weighted by molar-refractivity contribution is 7.10. The van der Waals surface area contributed by atoms with Crippen molar-refractivity contribution in [2.45, 2.75) is 95.3 Å². The van der Waals surface area contributed by atoms with E-state index < -0.39 is 57.4 Å². The molecule has 5 heterocycles. The summed E-state index contributed by atoms with van der Waals surface area (Å²) in [6, 6.07) is 7.41. The Balaban J connectivity index is 1.29. The molecular weight excluding hydrogens is 765 g/mol. The van der Waals surface area contributed by atoms with Crippen LogP contribution in [0, 0.1) is 13.8 Å². The molecule has 0 saturated carbocycles. The molecule has 2 atom stereocenters. The topological polar surface area (TPSA) is 121 Å². The standard InChI is InChI=1S/C39H43F6N5O5S/c1-4-8-32-37(55-26-21-33(56-23-26)39(43,44)45,13-7-17-50(32)34(51)28-22-46-16-11-29(28)38(40,41)42)35(52)49-18-14-36(53,15-19-49)30-9-5-6-10-31(30)54-20-12-27-24(2)47-48-25(27)3/h5-6,9-11,16,21-23,32,53H,4,7-8,12-15,17-20H2,1-3H3,(H,47,48)/t32-,37+/m1/s1. The molecule has 6 rings (SSSR count). The molecule has 56 heavy (non-hydrogen) atoms. The Bertz CT molecular complexity index is 2010. The lowest BCUT2D eigenvalue weighted by atomic mass is 9.78. The van der Waals surface area contributed by atoms with Gasteiger partial charge in [0, 0.05) is 67.6 Å². The molecule has 0 aliphatic carbocycles. The highest BCUT2D eigenvalue weighted by atomic mass is 32.1. The quantitative estimate of drug-likeness (QED) is 0.148. The number of thiophene rings is 1. The second-order valence-corrected chi connectivity index (χ2v) is 15.2. The van der Waals surface area contributed by atoms with Crippen LogP contribution in [-0.2, 0) is 29.2 Å². The van der Waals surface area contributed by atoms with Crippen molar-refractivity contribution >= 4 is 23.2 Å². The van der Waals surface area contributed by atoms with Gasteiger partial charge in [0.25, 0.3) is 11.8 Å². The molecule has 2 saturated heterocycles. The molecule has 3 aromatic heterocycles. The molecule has 0 unspecified atom stereocenters. The number of halogens is 6. The van der Waals surface area contributed by atoms with Crippen LogP contribution in [0.1, 0.15) is 88.8 Å². The van der Waals surface area contributed by atoms with E-state index in [9.17, 15) is 41.0 Å². The van der Waals surface area contributed by atoms with E-state index in [-0.39, 0.29) is 57.5 Å². The average Bonchev–Trinajstić information content (AvgIpc) is 3.77. The number of hydrogen-bond donors (Lipinski definition) is 2. The number of nitrogens with one attached hydrogen (secondary N) is 1. The lowest BCUT2D eigenvalue weighted by molar-refractivity contribution is -0.163. The van der Waals surface area contributed by atoms with E-state index >= 15 is 0 Å². The number of ether oxygens (including phenoxy) is 2. The second kappa shape index (κ2) is 16.1. The van der Waals surface area contributed by atoms with E-state index in [2.05, 4.69) is 15.2 Å². The third-order valence-electron chi connectivity index (χ3n) is 10.7. The number of pyridine rings is 1. The SMILES string of the molecule is CCC[C@H]1N(C(=O)c2cnccc2C(F)(F)F)CCC[C@@]1(Oc1csc(C(F)(F)F)c1)C(=O)N1CCC(O)(c2ccccc2OCCc2c(C)n[nH]c2C)CC1. The number of alkyl halides is 6. The molecule has 0 radical (unpaired) electrons. The fraction of sp³-hybridized carbons (Fsp3) is 0.487. The van der Waals surface area contributed by atoms with E-state index in [1.807, 2.05) is 13.8 Å². The minimum atomic E-state index is -4.88. The first-order valence-corrected chi connectivity index (χ1v) is 19.3. The molecule has 302 valence electrons. The summed E-state index contributed by atoms with van der Waals surface area (Å²) in [4.78, 5) is 34.5. The summed E-state index contributed by atoms with van der Waals surface area (Å²) in [6.45, 7) is 5.89. The molecule has 2 N–H and O–H groups in total. The van der Waals surface area contributed by atoms with Gasteiger partial charge in [0.2, 0.25) is 5.60 Å². The first-order chi connectivity index (χ1) is 26.5. The summed E-state index contributed by atoms with van der Waals surface area (Å²) in [7, 11) is 0. The van der Waals surface area contributed by atoms with Crippen molar-refractivity contribution in [2.75, 3.05) is 26.2 Å². The molecule has 10 nitrogen and oxygen atoms in total. The fourth-order valence-electron chi connectivity index (χ4n) is 7.90. The Labute approximate surface area is 323 Å². The number of nitrogens with zero attached hydrogens (tertiary/aromatic N) is 4. The number of benzene rings is 1. The van der Waals surface area contributed by atoms with Crippen LogP contribution in [0.2, 0.25) is 0 Å². The Morgan fingerprint density at radius 2 is 1.77 bits per heavy atom. The first kappa shape index (κ1) is 41.0. The third-order valence-corrected chi connectivity index (χ3v) is 11.7. The number of aromatic nitrogens is 3. The number of aryl methyl sites for hydroxylation is 2. The minimum Gasteiger partial charge on any atom is -0.493 e. The van der Waals surface area contributed by atoms with Crippen molar-refractivity contribution in [1.82, 2.24) is 25.0 Å². The molecular formula is C39H43F6N5O5S. The van der Waals surface area contributed by atoms with Crippen LogP contribution in [0.5, 0.6) is 11.5 Å². The van der Waals surface area contributed by atoms with Crippen LogP contribution in [0.3, 0.4) is 0 Å². The number of aliphatic hydroxyl groups is 1. The number of likely N-dealkylation sites (tertiary alicyclic amines) is 2. The lowest BCUT2D eigenvalue weighted by Gasteiger charge is -2.51. The van der Waals surface area contributed by atoms with Crippen molar-refractivity contribution in [3.05, 3.63) is 92.7 Å². The van der Waals surface area contributed by atoms with E-state index in [1.165, 1.54) is 9.80 Å². The lowest BCUT2D eigenvalue weighted by Crippen LogP contribution is -2.68. The van der Waals surface area contributed by atoms with Crippen LogP contribution >= 0.6 is 11.3 Å². The molecule has 2 amide bonds. The predicted octanol–water partition coefficient (Wildman–Crippen LogP) is 7.87. The number of rotatable bonds is 11. The van der Waals surface area contributed by atoms with Crippen molar-refractivity contribution in [1.29, 1.82) is 0 Å². The molecule has 0 bridgehead atoms. The highest BCUT2D eigenvalue weighted by Gasteiger charge is 2.56. The van der Waals surface area contributed by atoms with Gasteiger partial charge in [0.1, 0.15) is 16.4 Å². The van der Waals surface area contributed by atoms with Crippen LogP contribution < -0.4 is 9.47 Å². The molecule has 4 aromatic rings. The Morgan fingerprint density at radius 1 is 1.04 bits per heavy atom. The van der Waals surface area contributed by atoms with Gasteiger partial charge in [0.15, 0.2) is 0 Å². The average molecular weight is 808 g/mol.